The maximum absolute atomic E-state index is 9.74. The molecule has 19 heavy (non-hydrogen) atoms. The van der Waals surface area contributed by atoms with Crippen molar-refractivity contribution < 1.29 is 28.6 Å². The van der Waals surface area contributed by atoms with Crippen LogP contribution < -0.4 is 4.86 Å². The monoisotopic (exact) mass is 321 g/mol. The molecule has 0 aliphatic heterocycles. The molecule has 120 valence electrons. The molecule has 0 unspecified atom stereocenters. The Balaban J connectivity index is 4.52. The number of nitrogens with one attached hydrogen (secondary N) is 1. The molecule has 0 radical (unpaired) electrons. The first-order valence-electron chi connectivity index (χ1n) is 6.74. The van der Waals surface area contributed by atoms with Gasteiger partial charge in [0.2, 0.25) is 0 Å². The van der Waals surface area contributed by atoms with Gasteiger partial charge >= 0.3 is 115 Å². The third-order valence-corrected chi connectivity index (χ3v) is 6.74. The van der Waals surface area contributed by atoms with Crippen LogP contribution in [0.15, 0.2) is 0 Å². The minimum atomic E-state index is -4.35. The minimum absolute atomic E-state index is 0.341. The van der Waals surface area contributed by atoms with Crippen LogP contribution >= 0.6 is 16.2 Å². The van der Waals surface area contributed by atoms with E-state index in [4.69, 9.17) is 9.05 Å². The van der Waals surface area contributed by atoms with Gasteiger partial charge in [0, 0.05) is 0 Å². The summed E-state index contributed by atoms with van der Waals surface area (Å²) in [5.74, 6) is 0. The second-order valence-electron chi connectivity index (χ2n) is 4.45. The van der Waals surface area contributed by atoms with E-state index in [-0.39, 0.29) is 12.2 Å². The SMILES string of the molecule is CCC(CC)O[PH](O)(O)N[PH](O)(O)OC(CC)CC. The van der Waals surface area contributed by atoms with Crippen LogP contribution in [0.25, 0.3) is 0 Å². The van der Waals surface area contributed by atoms with Gasteiger partial charge < -0.3 is 0 Å². The summed E-state index contributed by atoms with van der Waals surface area (Å²) in [5, 5.41) is 0. The fourth-order valence-corrected chi connectivity index (χ4v) is 5.41. The van der Waals surface area contributed by atoms with Crippen LogP contribution in [-0.2, 0) is 9.05 Å². The van der Waals surface area contributed by atoms with Gasteiger partial charge in [-0.05, 0) is 0 Å². The van der Waals surface area contributed by atoms with Gasteiger partial charge in [0.25, 0.3) is 0 Å². The summed E-state index contributed by atoms with van der Waals surface area (Å²) < 4.78 is 10.2. The first-order valence-corrected chi connectivity index (χ1v) is 10.3. The Hall–Kier alpha value is 0.580. The molecular weight excluding hydrogens is 292 g/mol. The van der Waals surface area contributed by atoms with Gasteiger partial charge in [-0.25, -0.2) is 0 Å². The zero-order chi connectivity index (χ0) is 15.1. The molecule has 0 aromatic carbocycles. The Kier molecular flexibility index (Phi) is 9.04. The van der Waals surface area contributed by atoms with E-state index < -0.39 is 16.2 Å². The molecule has 0 bridgehead atoms. The van der Waals surface area contributed by atoms with Crippen molar-refractivity contribution in [3.63, 3.8) is 0 Å². The molecular formula is C10H29NO6P2. The summed E-state index contributed by atoms with van der Waals surface area (Å²) in [6, 6.07) is 0. The third-order valence-electron chi connectivity index (χ3n) is 2.81. The number of hydrogen-bond donors (Lipinski definition) is 5. The molecule has 0 rings (SSSR count). The fraction of sp³-hybridized carbons (Fsp3) is 1.00. The molecule has 0 aliphatic rings. The predicted molar refractivity (Wildman–Crippen MR) is 79.6 cm³/mol. The molecule has 7 nitrogen and oxygen atoms in total. The normalized spacial score (nSPS) is 15.3. The van der Waals surface area contributed by atoms with Crippen LogP contribution in [0.1, 0.15) is 53.4 Å². The van der Waals surface area contributed by atoms with E-state index >= 15 is 0 Å². The zero-order valence-electron chi connectivity index (χ0n) is 12.1. The second kappa shape index (κ2) is 8.78. The van der Waals surface area contributed by atoms with Crippen LogP contribution in [0.3, 0.4) is 0 Å². The van der Waals surface area contributed by atoms with E-state index in [1.807, 2.05) is 32.6 Å². The van der Waals surface area contributed by atoms with Crippen molar-refractivity contribution in [3.05, 3.63) is 0 Å². The van der Waals surface area contributed by atoms with E-state index in [1.165, 1.54) is 0 Å². The van der Waals surface area contributed by atoms with Crippen LogP contribution in [0, 0.1) is 0 Å². The Morgan fingerprint density at radius 3 is 1.21 bits per heavy atom. The summed E-state index contributed by atoms with van der Waals surface area (Å²) in [6.45, 7) is 7.40. The summed E-state index contributed by atoms with van der Waals surface area (Å²) >= 11 is 0. The van der Waals surface area contributed by atoms with E-state index in [2.05, 4.69) is 0 Å². The van der Waals surface area contributed by atoms with Gasteiger partial charge in [-0.2, -0.15) is 0 Å². The molecule has 0 atom stereocenters. The number of hydrogen-bond acceptors (Lipinski definition) is 7. The standard InChI is InChI=1S/C10H29NO6P2/c1-5-9(6-2)16-18(12,13)11-19(14,15)17-10(7-3)8-4/h9-15,18-19H,5-8H2,1-4H3. The van der Waals surface area contributed by atoms with E-state index in [1.54, 1.807) is 0 Å². The predicted octanol–water partition coefficient (Wildman–Crippen LogP) is 1.78. The van der Waals surface area contributed by atoms with Crippen molar-refractivity contribution in [1.29, 1.82) is 0 Å². The van der Waals surface area contributed by atoms with Crippen LogP contribution in [0.2, 0.25) is 0 Å². The molecule has 0 aromatic heterocycles. The van der Waals surface area contributed by atoms with E-state index in [9.17, 15) is 19.6 Å². The van der Waals surface area contributed by atoms with Crippen LogP contribution in [-0.4, -0.2) is 31.8 Å². The molecule has 0 spiro atoms. The third kappa shape index (κ3) is 8.45. The number of rotatable bonds is 10. The summed E-state index contributed by atoms with van der Waals surface area (Å²) in [7, 11) is -8.70. The van der Waals surface area contributed by atoms with Gasteiger partial charge in [0.1, 0.15) is 0 Å². The molecule has 0 fully saturated rings. The molecule has 0 aromatic rings. The average Bonchev–Trinajstić information content (AvgIpc) is 2.31. The molecule has 0 heterocycles. The van der Waals surface area contributed by atoms with Crippen molar-refractivity contribution in [2.24, 2.45) is 0 Å². The first kappa shape index (κ1) is 19.6. The van der Waals surface area contributed by atoms with Gasteiger partial charge in [-0.3, -0.25) is 0 Å². The molecule has 0 saturated heterocycles. The first-order chi connectivity index (χ1) is 8.69. The second-order valence-corrected chi connectivity index (χ2v) is 8.36. The Bertz CT molecular complexity index is 222. The van der Waals surface area contributed by atoms with Crippen LogP contribution in [0.5, 0.6) is 0 Å². The summed E-state index contributed by atoms with van der Waals surface area (Å²) in [6.07, 6.45) is 1.73. The van der Waals surface area contributed by atoms with E-state index in [0.717, 1.165) is 0 Å². The molecule has 5 N–H and O–H groups in total. The van der Waals surface area contributed by atoms with Crippen LogP contribution in [0.4, 0.5) is 0 Å². The van der Waals surface area contributed by atoms with Crippen molar-refractivity contribution in [1.82, 2.24) is 4.86 Å². The Morgan fingerprint density at radius 1 is 0.737 bits per heavy atom. The summed E-state index contributed by atoms with van der Waals surface area (Å²) in [5.41, 5.74) is 0. The van der Waals surface area contributed by atoms with Gasteiger partial charge in [0.15, 0.2) is 0 Å². The van der Waals surface area contributed by atoms with Crippen molar-refractivity contribution in [3.8, 4) is 0 Å². The van der Waals surface area contributed by atoms with Crippen molar-refractivity contribution in [2.45, 2.75) is 65.6 Å². The topological polar surface area (TPSA) is 111 Å². The van der Waals surface area contributed by atoms with Crippen molar-refractivity contribution >= 4 is 16.2 Å². The molecule has 0 saturated carbocycles. The van der Waals surface area contributed by atoms with Gasteiger partial charge in [-0.15, -0.1) is 0 Å². The molecule has 0 aliphatic carbocycles. The molecule has 0 amide bonds. The Morgan fingerprint density at radius 2 is 1.00 bits per heavy atom. The maximum atomic E-state index is 9.74. The van der Waals surface area contributed by atoms with E-state index in [0.29, 0.717) is 25.7 Å². The van der Waals surface area contributed by atoms with Gasteiger partial charge in [-0.1, -0.05) is 0 Å². The zero-order valence-corrected chi connectivity index (χ0v) is 14.1. The van der Waals surface area contributed by atoms with Crippen molar-refractivity contribution in [2.75, 3.05) is 0 Å². The fourth-order valence-electron chi connectivity index (χ4n) is 1.65. The quantitative estimate of drug-likeness (QED) is 0.390. The Labute approximate surface area is 116 Å². The van der Waals surface area contributed by atoms with Gasteiger partial charge in [0.05, 0.1) is 0 Å². The molecule has 9 heteroatoms. The summed E-state index contributed by atoms with van der Waals surface area (Å²) in [4.78, 5) is 40.9. The average molecular weight is 321 g/mol.